The predicted molar refractivity (Wildman–Crippen MR) is 72.3 cm³/mol. The van der Waals surface area contributed by atoms with E-state index in [4.69, 9.17) is 0 Å². The molecule has 0 saturated heterocycles. The van der Waals surface area contributed by atoms with Crippen LogP contribution in [0.25, 0.3) is 0 Å². The lowest BCUT2D eigenvalue weighted by Crippen LogP contribution is -2.12. The molecule has 1 unspecified atom stereocenters. The molecule has 1 N–H and O–H groups in total. The fraction of sp³-hybridized carbons (Fsp3) is 0.786. The highest BCUT2D eigenvalue weighted by atomic mass is 15.2. The number of hydrogen-bond donors (Lipinski definition) is 1. The van der Waals surface area contributed by atoms with Gasteiger partial charge in [0.25, 0.3) is 0 Å². The Hall–Kier alpha value is -0.990. The van der Waals surface area contributed by atoms with Crippen molar-refractivity contribution in [1.82, 2.24) is 9.55 Å². The van der Waals surface area contributed by atoms with Crippen LogP contribution in [0.3, 0.4) is 0 Å². The Labute approximate surface area is 105 Å². The topological polar surface area (TPSA) is 29.9 Å². The first-order valence-corrected chi connectivity index (χ1v) is 7.10. The predicted octanol–water partition coefficient (Wildman–Crippen LogP) is 3.99. The van der Waals surface area contributed by atoms with Crippen LogP contribution in [-0.4, -0.2) is 15.6 Å². The molecule has 0 spiro atoms. The van der Waals surface area contributed by atoms with E-state index in [-0.39, 0.29) is 0 Å². The zero-order chi connectivity index (χ0) is 12.1. The molecule has 96 valence electrons. The third kappa shape index (κ3) is 3.76. The lowest BCUT2D eigenvalue weighted by Gasteiger charge is -2.16. The molecule has 1 aliphatic rings. The number of nitrogens with zero attached hydrogens (tertiary/aromatic N) is 2. The Morgan fingerprint density at radius 2 is 2.24 bits per heavy atom. The lowest BCUT2D eigenvalue weighted by molar-refractivity contribution is 0.475. The Bertz CT molecular complexity index is 328. The van der Waals surface area contributed by atoms with Gasteiger partial charge in [0.2, 0.25) is 5.95 Å². The highest BCUT2D eigenvalue weighted by Crippen LogP contribution is 2.26. The molecule has 1 heterocycles. The second-order valence-electron chi connectivity index (χ2n) is 5.28. The van der Waals surface area contributed by atoms with E-state index in [1.54, 1.807) is 0 Å². The summed E-state index contributed by atoms with van der Waals surface area (Å²) in [6.07, 6.45) is 13.3. The molecule has 0 aliphatic heterocycles. The summed E-state index contributed by atoms with van der Waals surface area (Å²) in [5, 5.41) is 3.50. The highest BCUT2D eigenvalue weighted by molar-refractivity contribution is 5.30. The van der Waals surface area contributed by atoms with Crippen molar-refractivity contribution in [1.29, 1.82) is 0 Å². The van der Waals surface area contributed by atoms with Crippen molar-refractivity contribution in [2.75, 3.05) is 5.32 Å². The smallest absolute Gasteiger partial charge is 0.203 e. The maximum atomic E-state index is 4.41. The van der Waals surface area contributed by atoms with E-state index in [0.29, 0.717) is 12.1 Å². The third-order valence-corrected chi connectivity index (χ3v) is 3.53. The van der Waals surface area contributed by atoms with Crippen LogP contribution in [0.15, 0.2) is 12.4 Å². The van der Waals surface area contributed by atoms with Crippen LogP contribution in [-0.2, 0) is 0 Å². The van der Waals surface area contributed by atoms with Crippen molar-refractivity contribution in [3.05, 3.63) is 12.4 Å². The Balaban J connectivity index is 1.80. The molecule has 1 atom stereocenters. The molecule has 2 rings (SSSR count). The van der Waals surface area contributed by atoms with Gasteiger partial charge in [0.1, 0.15) is 0 Å². The first-order chi connectivity index (χ1) is 8.31. The second kappa shape index (κ2) is 6.08. The molecular weight excluding hydrogens is 210 g/mol. The van der Waals surface area contributed by atoms with Gasteiger partial charge in [-0.3, -0.25) is 0 Å². The van der Waals surface area contributed by atoms with E-state index in [9.17, 15) is 0 Å². The molecule has 1 fully saturated rings. The number of anilines is 1. The lowest BCUT2D eigenvalue weighted by atomic mass is 10.1. The number of aromatic nitrogens is 2. The van der Waals surface area contributed by atoms with Crippen LogP contribution in [0.2, 0.25) is 0 Å². The first kappa shape index (κ1) is 12.5. The van der Waals surface area contributed by atoms with E-state index in [2.05, 4.69) is 34.9 Å². The van der Waals surface area contributed by atoms with Crippen LogP contribution in [0.5, 0.6) is 0 Å². The van der Waals surface area contributed by atoms with Gasteiger partial charge in [-0.15, -0.1) is 0 Å². The molecule has 1 aromatic heterocycles. The molecule has 1 aliphatic carbocycles. The molecule has 0 aromatic carbocycles. The highest BCUT2D eigenvalue weighted by Gasteiger charge is 2.23. The summed E-state index contributed by atoms with van der Waals surface area (Å²) in [4.78, 5) is 4.41. The zero-order valence-corrected chi connectivity index (χ0v) is 11.2. The Morgan fingerprint density at radius 3 is 2.94 bits per heavy atom. The summed E-state index contributed by atoms with van der Waals surface area (Å²) in [5.74, 6) is 1.07. The Kier molecular flexibility index (Phi) is 4.46. The maximum absolute atomic E-state index is 4.41. The van der Waals surface area contributed by atoms with Gasteiger partial charge in [-0.1, -0.05) is 32.6 Å². The van der Waals surface area contributed by atoms with Gasteiger partial charge < -0.3 is 9.88 Å². The molecule has 3 nitrogen and oxygen atoms in total. The third-order valence-electron chi connectivity index (χ3n) is 3.53. The van der Waals surface area contributed by atoms with Crippen LogP contribution in [0.1, 0.15) is 64.8 Å². The van der Waals surface area contributed by atoms with Crippen molar-refractivity contribution in [2.24, 2.45) is 0 Å². The van der Waals surface area contributed by atoms with Gasteiger partial charge in [0.15, 0.2) is 0 Å². The Morgan fingerprint density at radius 1 is 1.41 bits per heavy atom. The molecule has 1 saturated carbocycles. The number of unbranched alkanes of at least 4 members (excludes halogenated alkanes) is 3. The monoisotopic (exact) mass is 235 g/mol. The standard InChI is InChI=1S/C14H25N3/c1-3-4-5-6-7-12(2)17-11-10-15-14(17)16-13-8-9-13/h10-13H,3-9H2,1-2H3,(H,15,16). The minimum absolute atomic E-state index is 0.565. The van der Waals surface area contributed by atoms with E-state index in [1.165, 1.54) is 44.9 Å². The fourth-order valence-corrected chi connectivity index (χ4v) is 2.20. The summed E-state index contributed by atoms with van der Waals surface area (Å²) in [6, 6.07) is 1.25. The summed E-state index contributed by atoms with van der Waals surface area (Å²) < 4.78 is 2.30. The molecule has 0 radical (unpaired) electrons. The number of rotatable bonds is 8. The van der Waals surface area contributed by atoms with Gasteiger partial charge in [-0.2, -0.15) is 0 Å². The van der Waals surface area contributed by atoms with Crippen molar-refractivity contribution in [2.45, 2.75) is 70.9 Å². The summed E-state index contributed by atoms with van der Waals surface area (Å²) >= 11 is 0. The molecule has 0 bridgehead atoms. The van der Waals surface area contributed by atoms with Crippen LogP contribution in [0, 0.1) is 0 Å². The van der Waals surface area contributed by atoms with Crippen LogP contribution < -0.4 is 5.32 Å². The molecule has 0 amide bonds. The van der Waals surface area contributed by atoms with Crippen molar-refractivity contribution in [3.8, 4) is 0 Å². The van der Waals surface area contributed by atoms with Crippen molar-refractivity contribution < 1.29 is 0 Å². The quantitative estimate of drug-likeness (QED) is 0.690. The first-order valence-electron chi connectivity index (χ1n) is 7.10. The maximum Gasteiger partial charge on any atom is 0.203 e. The molecule has 17 heavy (non-hydrogen) atoms. The van der Waals surface area contributed by atoms with Gasteiger partial charge in [0, 0.05) is 24.5 Å². The number of nitrogens with one attached hydrogen (secondary N) is 1. The van der Waals surface area contributed by atoms with E-state index >= 15 is 0 Å². The van der Waals surface area contributed by atoms with Gasteiger partial charge >= 0.3 is 0 Å². The average molecular weight is 235 g/mol. The van der Waals surface area contributed by atoms with Crippen molar-refractivity contribution >= 4 is 5.95 Å². The fourth-order valence-electron chi connectivity index (χ4n) is 2.20. The van der Waals surface area contributed by atoms with Crippen molar-refractivity contribution in [3.63, 3.8) is 0 Å². The number of imidazole rings is 1. The molecule has 3 heteroatoms. The van der Waals surface area contributed by atoms with Gasteiger partial charge in [0.05, 0.1) is 0 Å². The summed E-state index contributed by atoms with van der Waals surface area (Å²) in [5.41, 5.74) is 0. The minimum Gasteiger partial charge on any atom is -0.353 e. The van der Waals surface area contributed by atoms with Gasteiger partial charge in [-0.25, -0.2) is 4.98 Å². The SMILES string of the molecule is CCCCCCC(C)n1ccnc1NC1CC1. The average Bonchev–Trinajstić information content (AvgIpc) is 3.01. The molecule has 1 aromatic rings. The van der Waals surface area contributed by atoms with Crippen LogP contribution >= 0.6 is 0 Å². The van der Waals surface area contributed by atoms with E-state index < -0.39 is 0 Å². The number of hydrogen-bond acceptors (Lipinski definition) is 2. The van der Waals surface area contributed by atoms with Crippen LogP contribution in [0.4, 0.5) is 5.95 Å². The van der Waals surface area contributed by atoms with E-state index in [1.807, 2.05) is 6.20 Å². The summed E-state index contributed by atoms with van der Waals surface area (Å²) in [6.45, 7) is 4.56. The van der Waals surface area contributed by atoms with E-state index in [0.717, 1.165) is 5.95 Å². The second-order valence-corrected chi connectivity index (χ2v) is 5.28. The minimum atomic E-state index is 0.565. The molecular formula is C14H25N3. The largest absolute Gasteiger partial charge is 0.353 e. The normalized spacial score (nSPS) is 17.1. The van der Waals surface area contributed by atoms with Gasteiger partial charge in [-0.05, 0) is 26.2 Å². The zero-order valence-electron chi connectivity index (χ0n) is 11.2. The summed E-state index contributed by atoms with van der Waals surface area (Å²) in [7, 11) is 0.